The lowest BCUT2D eigenvalue weighted by Gasteiger charge is -2.36. The van der Waals surface area contributed by atoms with Gasteiger partial charge in [-0.25, -0.2) is 0 Å². The highest BCUT2D eigenvalue weighted by atomic mass is 15.3. The summed E-state index contributed by atoms with van der Waals surface area (Å²) in [5.74, 6) is 0.710. The van der Waals surface area contributed by atoms with Crippen LogP contribution in [0.25, 0.3) is 0 Å². The van der Waals surface area contributed by atoms with Gasteiger partial charge >= 0.3 is 0 Å². The molecule has 0 aromatic rings. The molecule has 0 saturated carbocycles. The molecule has 0 fully saturated rings. The van der Waals surface area contributed by atoms with Gasteiger partial charge in [0.25, 0.3) is 0 Å². The molecule has 0 saturated heterocycles. The first-order chi connectivity index (χ1) is 6.16. The number of likely N-dealkylation sites (N-methyl/N-ethyl adjacent to an activating group) is 1. The van der Waals surface area contributed by atoms with Gasteiger partial charge in [0, 0.05) is 7.05 Å². The zero-order chi connectivity index (χ0) is 9.90. The molecule has 0 radical (unpaired) electrons. The van der Waals surface area contributed by atoms with Gasteiger partial charge in [-0.2, -0.15) is 0 Å². The Hall–Kier alpha value is -0.730. The fourth-order valence-corrected chi connectivity index (χ4v) is 2.23. The van der Waals surface area contributed by atoms with Crippen LogP contribution in [0, 0.1) is 0 Å². The summed E-state index contributed by atoms with van der Waals surface area (Å²) in [6, 6.07) is 0. The summed E-state index contributed by atoms with van der Waals surface area (Å²) in [5.41, 5.74) is 6.02. The third kappa shape index (κ3) is 1.79. The summed E-state index contributed by atoms with van der Waals surface area (Å²) in [5, 5.41) is 0. The molecule has 0 bridgehead atoms. The van der Waals surface area contributed by atoms with Crippen LogP contribution in [-0.2, 0) is 0 Å². The van der Waals surface area contributed by atoms with Gasteiger partial charge in [-0.3, -0.25) is 4.99 Å². The van der Waals surface area contributed by atoms with Crippen molar-refractivity contribution in [2.45, 2.75) is 45.1 Å². The van der Waals surface area contributed by atoms with Crippen LogP contribution in [-0.4, -0.2) is 30.0 Å². The standard InChI is InChI=1S/C10H21N3/c1-4-6-10(7-5-2)8-12-9(11)13(10)3/h4-8H2,1-3H3,(H2,11,12). The van der Waals surface area contributed by atoms with E-state index in [1.54, 1.807) is 0 Å². The minimum absolute atomic E-state index is 0.230. The zero-order valence-electron chi connectivity index (χ0n) is 9.01. The summed E-state index contributed by atoms with van der Waals surface area (Å²) in [7, 11) is 2.07. The molecule has 1 aliphatic rings. The van der Waals surface area contributed by atoms with Crippen molar-refractivity contribution < 1.29 is 0 Å². The smallest absolute Gasteiger partial charge is 0.191 e. The zero-order valence-corrected chi connectivity index (χ0v) is 9.01. The maximum absolute atomic E-state index is 5.79. The van der Waals surface area contributed by atoms with E-state index < -0.39 is 0 Å². The normalized spacial score (nSPS) is 20.5. The first-order valence-electron chi connectivity index (χ1n) is 5.20. The van der Waals surface area contributed by atoms with Crippen LogP contribution in [0.2, 0.25) is 0 Å². The van der Waals surface area contributed by atoms with Crippen molar-refractivity contribution in [2.75, 3.05) is 13.6 Å². The Morgan fingerprint density at radius 1 is 1.38 bits per heavy atom. The molecule has 0 amide bonds. The van der Waals surface area contributed by atoms with E-state index in [0.29, 0.717) is 5.96 Å². The number of guanidine groups is 1. The maximum atomic E-state index is 5.79. The van der Waals surface area contributed by atoms with Gasteiger partial charge in [-0.15, -0.1) is 0 Å². The van der Waals surface area contributed by atoms with E-state index >= 15 is 0 Å². The number of nitrogens with zero attached hydrogens (tertiary/aromatic N) is 2. The van der Waals surface area contributed by atoms with Crippen LogP contribution in [0.5, 0.6) is 0 Å². The molecule has 1 aliphatic heterocycles. The van der Waals surface area contributed by atoms with Crippen LogP contribution in [0.1, 0.15) is 39.5 Å². The molecule has 1 rings (SSSR count). The summed E-state index contributed by atoms with van der Waals surface area (Å²) in [4.78, 5) is 6.50. The lowest BCUT2D eigenvalue weighted by molar-refractivity contribution is 0.199. The minimum Gasteiger partial charge on any atom is -0.370 e. The topological polar surface area (TPSA) is 41.6 Å². The maximum Gasteiger partial charge on any atom is 0.191 e. The first kappa shape index (κ1) is 10.4. The first-order valence-corrected chi connectivity index (χ1v) is 5.20. The Bertz CT molecular complexity index is 192. The summed E-state index contributed by atoms with van der Waals surface area (Å²) in [6.07, 6.45) is 4.80. The molecule has 0 atom stereocenters. The number of hydrogen-bond acceptors (Lipinski definition) is 3. The van der Waals surface area contributed by atoms with Crippen molar-refractivity contribution in [3.05, 3.63) is 0 Å². The van der Waals surface area contributed by atoms with Crippen LogP contribution in [0.15, 0.2) is 4.99 Å². The molecule has 3 nitrogen and oxygen atoms in total. The van der Waals surface area contributed by atoms with Gasteiger partial charge in [0.1, 0.15) is 0 Å². The molecule has 0 unspecified atom stereocenters. The fraction of sp³-hybridized carbons (Fsp3) is 0.900. The Morgan fingerprint density at radius 3 is 2.23 bits per heavy atom. The minimum atomic E-state index is 0.230. The lowest BCUT2D eigenvalue weighted by Crippen LogP contribution is -2.49. The number of rotatable bonds is 4. The SMILES string of the molecule is CCCC1(CCC)CN=C(N)N1C. The van der Waals surface area contributed by atoms with E-state index in [9.17, 15) is 0 Å². The molecule has 0 aromatic heterocycles. The molecular weight excluding hydrogens is 162 g/mol. The molecule has 2 N–H and O–H groups in total. The predicted octanol–water partition coefficient (Wildman–Crippen LogP) is 1.59. The molecule has 1 heterocycles. The molecular formula is C10H21N3. The van der Waals surface area contributed by atoms with Crippen LogP contribution < -0.4 is 5.73 Å². The number of nitrogens with two attached hydrogens (primary N) is 1. The molecule has 0 aliphatic carbocycles. The van der Waals surface area contributed by atoms with Gasteiger partial charge in [-0.05, 0) is 12.8 Å². The Balaban J connectivity index is 2.70. The molecule has 13 heavy (non-hydrogen) atoms. The molecule has 0 aromatic carbocycles. The van der Waals surface area contributed by atoms with Crippen LogP contribution in [0.3, 0.4) is 0 Å². The summed E-state index contributed by atoms with van der Waals surface area (Å²) < 4.78 is 0. The second kappa shape index (κ2) is 3.99. The Morgan fingerprint density at radius 2 is 1.92 bits per heavy atom. The molecule has 76 valence electrons. The van der Waals surface area contributed by atoms with E-state index in [-0.39, 0.29) is 5.54 Å². The van der Waals surface area contributed by atoms with E-state index in [4.69, 9.17) is 5.73 Å². The van der Waals surface area contributed by atoms with Crippen LogP contribution in [0.4, 0.5) is 0 Å². The second-order valence-electron chi connectivity index (χ2n) is 3.96. The highest BCUT2D eigenvalue weighted by Crippen LogP contribution is 2.30. The summed E-state index contributed by atoms with van der Waals surface area (Å²) in [6.45, 7) is 5.33. The van der Waals surface area contributed by atoms with Crippen molar-refractivity contribution in [2.24, 2.45) is 10.7 Å². The predicted molar refractivity (Wildman–Crippen MR) is 56.8 cm³/mol. The van der Waals surface area contributed by atoms with E-state index in [1.165, 1.54) is 25.7 Å². The third-order valence-electron chi connectivity index (χ3n) is 3.02. The van der Waals surface area contributed by atoms with Crippen molar-refractivity contribution >= 4 is 5.96 Å². The number of hydrogen-bond donors (Lipinski definition) is 1. The highest BCUT2D eigenvalue weighted by Gasteiger charge is 2.37. The van der Waals surface area contributed by atoms with Gasteiger partial charge in [-0.1, -0.05) is 26.7 Å². The largest absolute Gasteiger partial charge is 0.370 e. The summed E-state index contributed by atoms with van der Waals surface area (Å²) >= 11 is 0. The van der Waals surface area contributed by atoms with E-state index in [0.717, 1.165) is 6.54 Å². The highest BCUT2D eigenvalue weighted by molar-refractivity contribution is 5.80. The van der Waals surface area contributed by atoms with Gasteiger partial charge < -0.3 is 10.6 Å². The van der Waals surface area contributed by atoms with E-state index in [2.05, 4.69) is 30.8 Å². The third-order valence-corrected chi connectivity index (χ3v) is 3.02. The average Bonchev–Trinajstić information content (AvgIpc) is 2.36. The van der Waals surface area contributed by atoms with Crippen molar-refractivity contribution in [1.29, 1.82) is 0 Å². The van der Waals surface area contributed by atoms with Gasteiger partial charge in [0.15, 0.2) is 5.96 Å². The van der Waals surface area contributed by atoms with Crippen molar-refractivity contribution in [3.8, 4) is 0 Å². The quantitative estimate of drug-likeness (QED) is 0.719. The number of aliphatic imine (C=N–C) groups is 1. The van der Waals surface area contributed by atoms with Gasteiger partial charge in [0.05, 0.1) is 12.1 Å². The Kier molecular flexibility index (Phi) is 3.17. The van der Waals surface area contributed by atoms with Gasteiger partial charge in [0.2, 0.25) is 0 Å². The second-order valence-corrected chi connectivity index (χ2v) is 3.96. The van der Waals surface area contributed by atoms with Crippen molar-refractivity contribution in [1.82, 2.24) is 4.90 Å². The molecule has 0 spiro atoms. The Labute approximate surface area is 81.0 Å². The average molecular weight is 183 g/mol. The lowest BCUT2D eigenvalue weighted by atomic mass is 9.88. The molecule has 3 heteroatoms. The fourth-order valence-electron chi connectivity index (χ4n) is 2.23. The monoisotopic (exact) mass is 183 g/mol. The van der Waals surface area contributed by atoms with Crippen molar-refractivity contribution in [3.63, 3.8) is 0 Å². The van der Waals surface area contributed by atoms with Crippen LogP contribution >= 0.6 is 0 Å². The van der Waals surface area contributed by atoms with E-state index in [1.807, 2.05) is 0 Å².